The lowest BCUT2D eigenvalue weighted by molar-refractivity contribution is -0.148. The highest BCUT2D eigenvalue weighted by molar-refractivity contribution is 9.10. The molecule has 0 aliphatic carbocycles. The summed E-state index contributed by atoms with van der Waals surface area (Å²) in [6, 6.07) is 4.28. The van der Waals surface area contributed by atoms with E-state index in [0.717, 1.165) is 6.42 Å². The number of hydrogen-bond acceptors (Lipinski definition) is 2. The summed E-state index contributed by atoms with van der Waals surface area (Å²) in [6.45, 7) is 2.49. The molecule has 1 aliphatic heterocycles. The number of aliphatic carboxylic acids is 1. The minimum Gasteiger partial charge on any atom is -0.481 e. The van der Waals surface area contributed by atoms with E-state index in [4.69, 9.17) is 0 Å². The predicted molar refractivity (Wildman–Crippen MR) is 79.6 cm³/mol. The number of halogens is 2. The Balaban J connectivity index is 2.23. The first kappa shape index (κ1) is 15.9. The molecule has 114 valence electrons. The number of carboxylic acids is 1. The van der Waals surface area contributed by atoms with E-state index in [2.05, 4.69) is 15.9 Å². The number of carbonyl (C=O) groups excluding carboxylic acids is 1. The molecule has 1 atom stereocenters. The molecule has 0 spiro atoms. The number of carboxylic acid groups (broad SMARTS) is 1. The van der Waals surface area contributed by atoms with Gasteiger partial charge in [0.05, 0.1) is 15.5 Å². The first-order valence-corrected chi connectivity index (χ1v) is 7.67. The largest absolute Gasteiger partial charge is 0.481 e. The summed E-state index contributed by atoms with van der Waals surface area (Å²) in [5, 5.41) is 9.46. The average molecular weight is 358 g/mol. The van der Waals surface area contributed by atoms with Crippen molar-refractivity contribution in [3.8, 4) is 0 Å². The van der Waals surface area contributed by atoms with Crippen LogP contribution in [-0.4, -0.2) is 35.0 Å². The van der Waals surface area contributed by atoms with Gasteiger partial charge in [-0.2, -0.15) is 0 Å². The fourth-order valence-electron chi connectivity index (χ4n) is 2.85. The van der Waals surface area contributed by atoms with Crippen molar-refractivity contribution < 1.29 is 19.1 Å². The van der Waals surface area contributed by atoms with Crippen molar-refractivity contribution in [2.24, 2.45) is 5.41 Å². The summed E-state index contributed by atoms with van der Waals surface area (Å²) in [7, 11) is 0. The fraction of sp³-hybridized carbons (Fsp3) is 0.467. The van der Waals surface area contributed by atoms with E-state index < -0.39 is 17.2 Å². The van der Waals surface area contributed by atoms with E-state index >= 15 is 0 Å². The van der Waals surface area contributed by atoms with Crippen molar-refractivity contribution in [2.45, 2.75) is 26.2 Å². The Morgan fingerprint density at radius 2 is 2.19 bits per heavy atom. The zero-order chi connectivity index (χ0) is 15.6. The lowest BCUT2D eigenvalue weighted by atomic mass is 9.83. The van der Waals surface area contributed by atoms with Crippen LogP contribution in [0.5, 0.6) is 0 Å². The molecule has 2 rings (SSSR count). The van der Waals surface area contributed by atoms with Gasteiger partial charge in [-0.15, -0.1) is 0 Å². The van der Waals surface area contributed by atoms with Gasteiger partial charge >= 0.3 is 5.97 Å². The summed E-state index contributed by atoms with van der Waals surface area (Å²) in [5.41, 5.74) is -0.641. The molecule has 6 heteroatoms. The minimum atomic E-state index is -0.871. The molecule has 0 bridgehead atoms. The van der Waals surface area contributed by atoms with Crippen LogP contribution < -0.4 is 0 Å². The zero-order valence-corrected chi connectivity index (χ0v) is 13.3. The molecule has 1 amide bonds. The van der Waals surface area contributed by atoms with Crippen LogP contribution in [0, 0.1) is 11.2 Å². The lowest BCUT2D eigenvalue weighted by Crippen LogP contribution is -2.37. The number of amides is 1. The number of likely N-dealkylation sites (tertiary alicyclic amines) is 1. The van der Waals surface area contributed by atoms with E-state index in [0.29, 0.717) is 19.4 Å². The molecule has 4 nitrogen and oxygen atoms in total. The van der Waals surface area contributed by atoms with Gasteiger partial charge in [-0.3, -0.25) is 9.59 Å². The van der Waals surface area contributed by atoms with Crippen molar-refractivity contribution in [2.75, 3.05) is 13.1 Å². The van der Waals surface area contributed by atoms with E-state index in [1.165, 1.54) is 23.1 Å². The average Bonchev–Trinajstić information content (AvgIpc) is 2.87. The second kappa shape index (κ2) is 6.13. The van der Waals surface area contributed by atoms with Crippen LogP contribution in [-0.2, 0) is 4.79 Å². The molecule has 1 saturated heterocycles. The maximum atomic E-state index is 13.5. The van der Waals surface area contributed by atoms with Gasteiger partial charge in [0.1, 0.15) is 5.82 Å². The van der Waals surface area contributed by atoms with E-state index in [9.17, 15) is 19.1 Å². The Kier molecular flexibility index (Phi) is 4.66. The standard InChI is InChI=1S/C15H17BrFNO3/c1-2-6-15(14(20)21)7-8-18(9-15)13(19)10-4-3-5-11(17)12(10)16/h3-5H,2,6-9H2,1H3,(H,20,21). The molecule has 0 aromatic heterocycles. The Hall–Kier alpha value is -1.43. The molecule has 0 radical (unpaired) electrons. The fourth-order valence-corrected chi connectivity index (χ4v) is 3.28. The van der Waals surface area contributed by atoms with Gasteiger partial charge in [-0.05, 0) is 40.9 Å². The van der Waals surface area contributed by atoms with E-state index in [-0.39, 0.29) is 22.5 Å². The van der Waals surface area contributed by atoms with E-state index in [1.807, 2.05) is 6.92 Å². The first-order chi connectivity index (χ1) is 9.91. The van der Waals surface area contributed by atoms with Crippen molar-refractivity contribution in [3.63, 3.8) is 0 Å². The van der Waals surface area contributed by atoms with Crippen molar-refractivity contribution in [1.82, 2.24) is 4.90 Å². The highest BCUT2D eigenvalue weighted by Gasteiger charge is 2.45. The maximum absolute atomic E-state index is 13.5. The molecule has 1 N–H and O–H groups in total. The normalized spacial score (nSPS) is 21.6. The van der Waals surface area contributed by atoms with Crippen molar-refractivity contribution >= 4 is 27.8 Å². The van der Waals surface area contributed by atoms with Crippen LogP contribution in [0.25, 0.3) is 0 Å². The number of rotatable bonds is 4. The summed E-state index contributed by atoms with van der Waals surface area (Å²) >= 11 is 3.08. The monoisotopic (exact) mass is 357 g/mol. The van der Waals surface area contributed by atoms with Crippen LogP contribution in [0.15, 0.2) is 22.7 Å². The molecule has 1 aromatic carbocycles. The Labute approximate surface area is 131 Å². The van der Waals surface area contributed by atoms with Gasteiger partial charge in [0.15, 0.2) is 0 Å². The van der Waals surface area contributed by atoms with Crippen molar-refractivity contribution in [1.29, 1.82) is 0 Å². The van der Waals surface area contributed by atoms with Gasteiger partial charge in [0, 0.05) is 13.1 Å². The summed E-state index contributed by atoms with van der Waals surface area (Å²) in [5.74, 6) is -1.70. The van der Waals surface area contributed by atoms with Crippen LogP contribution in [0.2, 0.25) is 0 Å². The SMILES string of the molecule is CCCC1(C(=O)O)CCN(C(=O)c2cccc(F)c2Br)C1. The van der Waals surface area contributed by atoms with E-state index in [1.54, 1.807) is 0 Å². The van der Waals surface area contributed by atoms with Gasteiger partial charge in [0.2, 0.25) is 0 Å². The molecular weight excluding hydrogens is 341 g/mol. The quantitative estimate of drug-likeness (QED) is 0.899. The number of hydrogen-bond donors (Lipinski definition) is 1. The molecule has 1 unspecified atom stereocenters. The number of nitrogens with zero attached hydrogens (tertiary/aromatic N) is 1. The Morgan fingerprint density at radius 1 is 1.48 bits per heavy atom. The molecular formula is C15H17BrFNO3. The highest BCUT2D eigenvalue weighted by atomic mass is 79.9. The Bertz CT molecular complexity index is 578. The van der Waals surface area contributed by atoms with Crippen LogP contribution in [0.3, 0.4) is 0 Å². The second-order valence-electron chi connectivity index (χ2n) is 5.41. The third-order valence-corrected chi connectivity index (χ3v) is 4.81. The topological polar surface area (TPSA) is 57.6 Å². The zero-order valence-electron chi connectivity index (χ0n) is 11.7. The minimum absolute atomic E-state index is 0.123. The number of benzene rings is 1. The predicted octanol–water partition coefficient (Wildman–Crippen LogP) is 3.31. The molecule has 21 heavy (non-hydrogen) atoms. The second-order valence-corrected chi connectivity index (χ2v) is 6.21. The van der Waals surface area contributed by atoms with Gasteiger partial charge in [-0.1, -0.05) is 19.4 Å². The number of carbonyl (C=O) groups is 2. The molecule has 1 aromatic rings. The Morgan fingerprint density at radius 3 is 2.81 bits per heavy atom. The summed E-state index contributed by atoms with van der Waals surface area (Å²) in [4.78, 5) is 25.5. The molecule has 1 fully saturated rings. The van der Waals surface area contributed by atoms with Crippen LogP contribution in [0.1, 0.15) is 36.5 Å². The van der Waals surface area contributed by atoms with Gasteiger partial charge in [-0.25, -0.2) is 4.39 Å². The molecule has 1 heterocycles. The molecule has 0 saturated carbocycles. The van der Waals surface area contributed by atoms with Crippen molar-refractivity contribution in [3.05, 3.63) is 34.1 Å². The van der Waals surface area contributed by atoms with Gasteiger partial charge in [0.25, 0.3) is 5.91 Å². The lowest BCUT2D eigenvalue weighted by Gasteiger charge is -2.24. The first-order valence-electron chi connectivity index (χ1n) is 6.88. The third-order valence-electron chi connectivity index (χ3n) is 4.01. The highest BCUT2D eigenvalue weighted by Crippen LogP contribution is 2.36. The smallest absolute Gasteiger partial charge is 0.311 e. The molecule has 1 aliphatic rings. The van der Waals surface area contributed by atoms with Crippen LogP contribution in [0.4, 0.5) is 4.39 Å². The summed E-state index contributed by atoms with van der Waals surface area (Å²) < 4.78 is 13.6. The van der Waals surface area contributed by atoms with Gasteiger partial charge < -0.3 is 10.0 Å². The summed E-state index contributed by atoms with van der Waals surface area (Å²) in [6.07, 6.45) is 1.73. The van der Waals surface area contributed by atoms with Crippen LogP contribution >= 0.6 is 15.9 Å². The maximum Gasteiger partial charge on any atom is 0.311 e. The third kappa shape index (κ3) is 2.95.